The number of piperidine rings is 1. The average molecular weight is 251 g/mol. The van der Waals surface area contributed by atoms with Crippen LogP contribution in [0.15, 0.2) is 0 Å². The van der Waals surface area contributed by atoms with Crippen molar-refractivity contribution in [3.05, 3.63) is 0 Å². The van der Waals surface area contributed by atoms with E-state index in [0.29, 0.717) is 17.2 Å². The zero-order valence-electron chi connectivity index (χ0n) is 11.5. The summed E-state index contributed by atoms with van der Waals surface area (Å²) in [5.74, 6) is 0.801. The summed E-state index contributed by atoms with van der Waals surface area (Å²) in [4.78, 5) is 17.0. The van der Waals surface area contributed by atoms with Gasteiger partial charge in [-0.1, -0.05) is 0 Å². The van der Waals surface area contributed by atoms with Gasteiger partial charge in [-0.25, -0.2) is 0 Å². The van der Waals surface area contributed by atoms with Crippen molar-refractivity contribution in [3.63, 3.8) is 0 Å². The summed E-state index contributed by atoms with van der Waals surface area (Å²) < 4.78 is 0. The Hall–Kier alpha value is -0.610. The number of hydrogen-bond donors (Lipinski definition) is 1. The monoisotopic (exact) mass is 251 g/mol. The van der Waals surface area contributed by atoms with E-state index >= 15 is 0 Å². The van der Waals surface area contributed by atoms with Gasteiger partial charge in [-0.15, -0.1) is 0 Å². The molecule has 0 aromatic rings. The molecule has 4 nitrogen and oxygen atoms in total. The van der Waals surface area contributed by atoms with E-state index in [1.54, 1.807) is 0 Å². The molecule has 1 unspecified atom stereocenters. The Morgan fingerprint density at radius 1 is 1.17 bits per heavy atom. The quantitative estimate of drug-likeness (QED) is 0.739. The highest BCUT2D eigenvalue weighted by molar-refractivity contribution is 5.82. The number of nitrogens with zero attached hydrogens (tertiary/aromatic N) is 2. The third-order valence-corrected chi connectivity index (χ3v) is 5.12. The number of nitrogens with one attached hydrogen (secondary N) is 1. The van der Waals surface area contributed by atoms with E-state index in [9.17, 15) is 4.79 Å². The first-order valence-electron chi connectivity index (χ1n) is 7.39. The zero-order chi connectivity index (χ0) is 12.6. The average Bonchev–Trinajstić information content (AvgIpc) is 3.10. The Balaban J connectivity index is 1.58. The van der Waals surface area contributed by atoms with E-state index in [-0.39, 0.29) is 0 Å². The zero-order valence-corrected chi connectivity index (χ0v) is 11.5. The lowest BCUT2D eigenvalue weighted by atomic mass is 9.91. The minimum atomic E-state index is 0.350. The third kappa shape index (κ3) is 2.28. The van der Waals surface area contributed by atoms with Gasteiger partial charge in [0, 0.05) is 25.6 Å². The summed E-state index contributed by atoms with van der Waals surface area (Å²) in [5.41, 5.74) is 0.389. The largest absolute Gasteiger partial charge is 0.341 e. The Morgan fingerprint density at radius 3 is 2.72 bits per heavy atom. The van der Waals surface area contributed by atoms with Crippen LogP contribution < -0.4 is 5.32 Å². The molecule has 0 aromatic carbocycles. The van der Waals surface area contributed by atoms with E-state index in [1.807, 2.05) is 0 Å². The van der Waals surface area contributed by atoms with Gasteiger partial charge in [0.05, 0.1) is 0 Å². The summed E-state index contributed by atoms with van der Waals surface area (Å²) >= 11 is 0. The minimum absolute atomic E-state index is 0.350. The number of carbonyl (C=O) groups is 1. The van der Waals surface area contributed by atoms with Crippen LogP contribution in [0.25, 0.3) is 0 Å². The first-order chi connectivity index (χ1) is 8.71. The van der Waals surface area contributed by atoms with E-state index in [0.717, 1.165) is 52.1 Å². The molecular weight excluding hydrogens is 226 g/mol. The molecule has 2 heterocycles. The first kappa shape index (κ1) is 12.4. The molecule has 3 aliphatic rings. The van der Waals surface area contributed by atoms with E-state index in [4.69, 9.17) is 0 Å². The Labute approximate surface area is 110 Å². The van der Waals surface area contributed by atoms with Gasteiger partial charge in [0.2, 0.25) is 5.91 Å². The molecule has 2 saturated heterocycles. The van der Waals surface area contributed by atoms with Crippen molar-refractivity contribution in [1.29, 1.82) is 0 Å². The van der Waals surface area contributed by atoms with Crippen molar-refractivity contribution >= 4 is 5.91 Å². The van der Waals surface area contributed by atoms with Gasteiger partial charge in [-0.3, -0.25) is 4.79 Å². The maximum atomic E-state index is 12.6. The van der Waals surface area contributed by atoms with Crippen LogP contribution in [0.5, 0.6) is 0 Å². The fraction of sp³-hybridized carbons (Fsp3) is 0.929. The van der Waals surface area contributed by atoms with Crippen molar-refractivity contribution < 1.29 is 4.79 Å². The van der Waals surface area contributed by atoms with E-state index < -0.39 is 0 Å². The standard InChI is InChI=1S/C14H25N3O/c1-16-7-2-8-17(10-9-16)13(18)12-11-14(12)3-5-15-6-4-14/h12,15H,2-11H2,1H3. The number of hydrogen-bond acceptors (Lipinski definition) is 3. The molecule has 4 heteroatoms. The lowest BCUT2D eigenvalue weighted by Crippen LogP contribution is -2.38. The van der Waals surface area contributed by atoms with Gasteiger partial charge in [0.1, 0.15) is 0 Å². The van der Waals surface area contributed by atoms with Crippen LogP contribution in [0.1, 0.15) is 25.7 Å². The van der Waals surface area contributed by atoms with Crippen molar-refractivity contribution in [3.8, 4) is 0 Å². The molecule has 1 aliphatic carbocycles. The molecule has 1 amide bonds. The topological polar surface area (TPSA) is 35.6 Å². The first-order valence-corrected chi connectivity index (χ1v) is 7.39. The van der Waals surface area contributed by atoms with Crippen LogP contribution >= 0.6 is 0 Å². The molecule has 1 N–H and O–H groups in total. The molecule has 102 valence electrons. The Kier molecular flexibility index (Phi) is 3.32. The number of carbonyl (C=O) groups excluding carboxylic acids is 1. The van der Waals surface area contributed by atoms with Crippen LogP contribution in [0, 0.1) is 11.3 Å². The lowest BCUT2D eigenvalue weighted by Gasteiger charge is -2.26. The molecule has 1 atom stereocenters. The van der Waals surface area contributed by atoms with Crippen molar-refractivity contribution in [1.82, 2.24) is 15.1 Å². The molecule has 1 spiro atoms. The van der Waals surface area contributed by atoms with Gasteiger partial charge in [0.25, 0.3) is 0 Å². The minimum Gasteiger partial charge on any atom is -0.341 e. The molecule has 3 fully saturated rings. The summed E-state index contributed by atoms with van der Waals surface area (Å²) in [6.45, 7) is 6.27. The Bertz CT molecular complexity index is 319. The molecule has 0 bridgehead atoms. The smallest absolute Gasteiger partial charge is 0.226 e. The molecule has 2 aliphatic heterocycles. The second-order valence-electron chi connectivity index (χ2n) is 6.35. The summed E-state index contributed by atoms with van der Waals surface area (Å²) in [6.07, 6.45) is 4.69. The molecule has 3 rings (SSSR count). The Morgan fingerprint density at radius 2 is 1.94 bits per heavy atom. The fourth-order valence-corrected chi connectivity index (χ4v) is 3.66. The normalized spacial score (nSPS) is 32.3. The van der Waals surface area contributed by atoms with Crippen molar-refractivity contribution in [2.75, 3.05) is 46.3 Å². The van der Waals surface area contributed by atoms with Crippen LogP contribution in [0.3, 0.4) is 0 Å². The van der Waals surface area contributed by atoms with Gasteiger partial charge in [-0.05, 0) is 57.8 Å². The maximum Gasteiger partial charge on any atom is 0.226 e. The molecule has 18 heavy (non-hydrogen) atoms. The third-order valence-electron chi connectivity index (χ3n) is 5.12. The van der Waals surface area contributed by atoms with E-state index in [2.05, 4.69) is 22.2 Å². The molecule has 0 radical (unpaired) electrons. The van der Waals surface area contributed by atoms with Gasteiger partial charge in [-0.2, -0.15) is 0 Å². The predicted molar refractivity (Wildman–Crippen MR) is 71.3 cm³/mol. The van der Waals surface area contributed by atoms with Gasteiger partial charge in [0.15, 0.2) is 0 Å². The van der Waals surface area contributed by atoms with Gasteiger partial charge >= 0.3 is 0 Å². The fourth-order valence-electron chi connectivity index (χ4n) is 3.66. The highest BCUT2D eigenvalue weighted by Crippen LogP contribution is 2.59. The van der Waals surface area contributed by atoms with Crippen LogP contribution in [-0.4, -0.2) is 62.0 Å². The van der Waals surface area contributed by atoms with Gasteiger partial charge < -0.3 is 15.1 Å². The van der Waals surface area contributed by atoms with Crippen molar-refractivity contribution in [2.24, 2.45) is 11.3 Å². The second-order valence-corrected chi connectivity index (χ2v) is 6.35. The number of likely N-dealkylation sites (N-methyl/N-ethyl adjacent to an activating group) is 1. The summed E-state index contributed by atoms with van der Waals surface area (Å²) in [7, 11) is 2.15. The van der Waals surface area contributed by atoms with E-state index in [1.165, 1.54) is 12.8 Å². The van der Waals surface area contributed by atoms with Crippen LogP contribution in [0.4, 0.5) is 0 Å². The second kappa shape index (κ2) is 4.82. The SMILES string of the molecule is CN1CCCN(C(=O)C2CC23CCNCC3)CC1. The highest BCUT2D eigenvalue weighted by Gasteiger charge is 2.58. The highest BCUT2D eigenvalue weighted by atomic mass is 16.2. The predicted octanol–water partition coefficient (Wildman–Crippen LogP) is 0.540. The number of rotatable bonds is 1. The lowest BCUT2D eigenvalue weighted by molar-refractivity contribution is -0.133. The summed E-state index contributed by atoms with van der Waals surface area (Å²) in [6, 6.07) is 0. The maximum absolute atomic E-state index is 12.6. The van der Waals surface area contributed by atoms with Crippen LogP contribution in [-0.2, 0) is 4.79 Å². The molecule has 0 aromatic heterocycles. The van der Waals surface area contributed by atoms with Crippen LogP contribution in [0.2, 0.25) is 0 Å². The van der Waals surface area contributed by atoms with Crippen molar-refractivity contribution in [2.45, 2.75) is 25.7 Å². The molecule has 1 saturated carbocycles. The number of amides is 1. The summed E-state index contributed by atoms with van der Waals surface area (Å²) in [5, 5.41) is 3.40. The molecular formula is C14H25N3O.